The lowest BCUT2D eigenvalue weighted by atomic mass is 10.3. The third-order valence-electron chi connectivity index (χ3n) is 3.83. The first-order chi connectivity index (χ1) is 13.9. The molecule has 3 rings (SSSR count). The van der Waals surface area contributed by atoms with Gasteiger partial charge in [-0.3, -0.25) is 9.52 Å². The van der Waals surface area contributed by atoms with E-state index in [1.165, 1.54) is 41.8 Å². The molecular formula is C19H19N3O5S2. The molecule has 1 amide bonds. The fourth-order valence-corrected chi connectivity index (χ4v) is 4.11. The number of thiazole rings is 1. The standard InChI is InChI=1S/C19H19N3O5S2/c1-13(27-16-7-5-15(26-2)6-8-16)18(23)21-14-3-9-17(10-4-14)29(24,25)22-19-20-11-12-28-19/h3-13H,1-2H3,(H,20,22)(H,21,23)/t13-/m1/s1. The second-order valence-electron chi connectivity index (χ2n) is 5.89. The number of hydrogen-bond acceptors (Lipinski definition) is 7. The quantitative estimate of drug-likeness (QED) is 0.564. The molecule has 3 aromatic rings. The normalized spacial score (nSPS) is 12.1. The number of rotatable bonds is 8. The molecule has 1 heterocycles. The van der Waals surface area contributed by atoms with E-state index in [0.29, 0.717) is 17.2 Å². The van der Waals surface area contributed by atoms with Gasteiger partial charge in [0.1, 0.15) is 11.5 Å². The van der Waals surface area contributed by atoms with E-state index in [2.05, 4.69) is 15.0 Å². The number of carbonyl (C=O) groups is 1. The number of anilines is 2. The smallest absolute Gasteiger partial charge is 0.265 e. The van der Waals surface area contributed by atoms with Gasteiger partial charge >= 0.3 is 0 Å². The third kappa shape index (κ3) is 5.46. The lowest BCUT2D eigenvalue weighted by Gasteiger charge is -2.15. The first kappa shape index (κ1) is 20.6. The zero-order chi connectivity index (χ0) is 20.9. The molecule has 2 N–H and O–H groups in total. The topological polar surface area (TPSA) is 107 Å². The number of nitrogens with zero attached hydrogens (tertiary/aromatic N) is 1. The van der Waals surface area contributed by atoms with Crippen molar-refractivity contribution in [2.75, 3.05) is 17.1 Å². The number of sulfonamides is 1. The highest BCUT2D eigenvalue weighted by molar-refractivity contribution is 7.93. The zero-order valence-electron chi connectivity index (χ0n) is 15.7. The Labute approximate surface area is 172 Å². The van der Waals surface area contributed by atoms with Crippen LogP contribution in [0.3, 0.4) is 0 Å². The first-order valence-corrected chi connectivity index (χ1v) is 10.9. The van der Waals surface area contributed by atoms with Crippen molar-refractivity contribution in [2.45, 2.75) is 17.9 Å². The van der Waals surface area contributed by atoms with Gasteiger partial charge in [0, 0.05) is 17.3 Å². The van der Waals surface area contributed by atoms with Crippen LogP contribution in [0.2, 0.25) is 0 Å². The second kappa shape index (κ2) is 8.93. The van der Waals surface area contributed by atoms with Gasteiger partial charge in [0.25, 0.3) is 15.9 Å². The number of hydrogen-bond donors (Lipinski definition) is 2. The van der Waals surface area contributed by atoms with E-state index in [4.69, 9.17) is 9.47 Å². The minimum atomic E-state index is -3.74. The van der Waals surface area contributed by atoms with Crippen LogP contribution < -0.4 is 19.5 Å². The molecule has 0 saturated carbocycles. The summed E-state index contributed by atoms with van der Waals surface area (Å²) in [5.74, 6) is 0.856. The fraction of sp³-hybridized carbons (Fsp3) is 0.158. The number of nitrogens with one attached hydrogen (secondary N) is 2. The Balaban J connectivity index is 1.60. The SMILES string of the molecule is COc1ccc(O[C@H](C)C(=O)Nc2ccc(S(=O)(=O)Nc3nccs3)cc2)cc1. The van der Waals surface area contributed by atoms with Gasteiger partial charge < -0.3 is 14.8 Å². The number of methoxy groups -OCH3 is 1. The Morgan fingerprint density at radius 1 is 1.07 bits per heavy atom. The third-order valence-corrected chi connectivity index (χ3v) is 6.00. The molecule has 0 bridgehead atoms. The van der Waals surface area contributed by atoms with E-state index < -0.39 is 16.1 Å². The Bertz CT molecular complexity index is 1050. The Kier molecular flexibility index (Phi) is 6.35. The lowest BCUT2D eigenvalue weighted by Crippen LogP contribution is -2.30. The van der Waals surface area contributed by atoms with E-state index in [-0.39, 0.29) is 15.9 Å². The molecule has 0 saturated heterocycles. The maximum absolute atomic E-state index is 12.3. The number of amides is 1. The summed E-state index contributed by atoms with van der Waals surface area (Å²) < 4.78 is 37.7. The van der Waals surface area contributed by atoms with Crippen molar-refractivity contribution in [3.63, 3.8) is 0 Å². The van der Waals surface area contributed by atoms with Crippen LogP contribution in [-0.2, 0) is 14.8 Å². The van der Waals surface area contributed by atoms with Gasteiger partial charge in [-0.15, -0.1) is 11.3 Å². The van der Waals surface area contributed by atoms with Crippen LogP contribution in [0, 0.1) is 0 Å². The van der Waals surface area contributed by atoms with Gasteiger partial charge in [-0.25, -0.2) is 13.4 Å². The van der Waals surface area contributed by atoms with E-state index >= 15 is 0 Å². The zero-order valence-corrected chi connectivity index (χ0v) is 17.3. The van der Waals surface area contributed by atoms with Crippen LogP contribution >= 0.6 is 11.3 Å². The maximum Gasteiger partial charge on any atom is 0.265 e. The summed E-state index contributed by atoms with van der Waals surface area (Å²) in [6, 6.07) is 12.7. The Morgan fingerprint density at radius 3 is 2.31 bits per heavy atom. The van der Waals surface area contributed by atoms with Crippen LogP contribution in [0.15, 0.2) is 65.0 Å². The molecule has 2 aromatic carbocycles. The predicted molar refractivity (Wildman–Crippen MR) is 111 cm³/mol. The molecule has 29 heavy (non-hydrogen) atoms. The van der Waals surface area contributed by atoms with Gasteiger partial charge in [0.2, 0.25) is 0 Å². The number of benzene rings is 2. The molecule has 0 fully saturated rings. The Morgan fingerprint density at radius 2 is 1.72 bits per heavy atom. The van der Waals surface area contributed by atoms with Crippen molar-refractivity contribution in [2.24, 2.45) is 0 Å². The average Bonchev–Trinajstić information content (AvgIpc) is 3.21. The van der Waals surface area contributed by atoms with Crippen LogP contribution in [0.5, 0.6) is 11.5 Å². The van der Waals surface area contributed by atoms with Crippen molar-refractivity contribution in [3.05, 3.63) is 60.1 Å². The average molecular weight is 434 g/mol. The van der Waals surface area contributed by atoms with Crippen LogP contribution in [-0.4, -0.2) is 32.5 Å². The molecular weight excluding hydrogens is 414 g/mol. The molecule has 1 atom stereocenters. The van der Waals surface area contributed by atoms with Gasteiger partial charge in [0.15, 0.2) is 11.2 Å². The highest BCUT2D eigenvalue weighted by Crippen LogP contribution is 2.21. The van der Waals surface area contributed by atoms with Gasteiger partial charge in [-0.05, 0) is 55.5 Å². The number of carbonyl (C=O) groups excluding carboxylic acids is 1. The summed E-state index contributed by atoms with van der Waals surface area (Å²) in [4.78, 5) is 16.3. The van der Waals surface area contributed by atoms with Gasteiger partial charge in [-0.1, -0.05) is 0 Å². The van der Waals surface area contributed by atoms with Crippen molar-refractivity contribution in [1.29, 1.82) is 0 Å². The number of aromatic nitrogens is 1. The maximum atomic E-state index is 12.3. The molecule has 0 aliphatic rings. The van der Waals surface area contributed by atoms with E-state index in [0.717, 1.165) is 0 Å². The molecule has 152 valence electrons. The fourth-order valence-electron chi connectivity index (χ4n) is 2.32. The van der Waals surface area contributed by atoms with Crippen molar-refractivity contribution in [1.82, 2.24) is 4.98 Å². The van der Waals surface area contributed by atoms with Gasteiger partial charge in [-0.2, -0.15) is 0 Å². The largest absolute Gasteiger partial charge is 0.497 e. The highest BCUT2D eigenvalue weighted by Gasteiger charge is 2.17. The van der Waals surface area contributed by atoms with E-state index in [1.54, 1.807) is 43.7 Å². The summed E-state index contributed by atoms with van der Waals surface area (Å²) in [5.41, 5.74) is 0.452. The predicted octanol–water partition coefficient (Wildman–Crippen LogP) is 3.36. The summed E-state index contributed by atoms with van der Waals surface area (Å²) in [7, 11) is -2.17. The van der Waals surface area contributed by atoms with Crippen LogP contribution in [0.1, 0.15) is 6.92 Å². The Hall–Kier alpha value is -3.11. The molecule has 0 radical (unpaired) electrons. The molecule has 1 aromatic heterocycles. The van der Waals surface area contributed by atoms with Gasteiger partial charge in [0.05, 0.1) is 12.0 Å². The first-order valence-electron chi connectivity index (χ1n) is 8.51. The molecule has 8 nitrogen and oxygen atoms in total. The lowest BCUT2D eigenvalue weighted by molar-refractivity contribution is -0.122. The van der Waals surface area contributed by atoms with E-state index in [1.807, 2.05) is 0 Å². The van der Waals surface area contributed by atoms with Crippen molar-refractivity contribution in [3.8, 4) is 11.5 Å². The molecule has 0 spiro atoms. The second-order valence-corrected chi connectivity index (χ2v) is 8.47. The van der Waals surface area contributed by atoms with E-state index in [9.17, 15) is 13.2 Å². The highest BCUT2D eigenvalue weighted by atomic mass is 32.2. The minimum Gasteiger partial charge on any atom is -0.497 e. The molecule has 0 aliphatic heterocycles. The van der Waals surface area contributed by atoms with Crippen molar-refractivity contribution < 1.29 is 22.7 Å². The molecule has 0 aliphatic carbocycles. The molecule has 0 unspecified atom stereocenters. The molecule has 10 heteroatoms. The van der Waals surface area contributed by atoms with Crippen molar-refractivity contribution >= 4 is 38.1 Å². The van der Waals surface area contributed by atoms with Crippen LogP contribution in [0.4, 0.5) is 10.8 Å². The monoisotopic (exact) mass is 433 g/mol. The summed E-state index contributed by atoms with van der Waals surface area (Å²) in [6.07, 6.45) is 0.759. The summed E-state index contributed by atoms with van der Waals surface area (Å²) in [5, 5.41) is 4.65. The summed E-state index contributed by atoms with van der Waals surface area (Å²) >= 11 is 1.18. The summed E-state index contributed by atoms with van der Waals surface area (Å²) in [6.45, 7) is 1.62. The minimum absolute atomic E-state index is 0.0632. The number of ether oxygens (including phenoxy) is 2. The van der Waals surface area contributed by atoms with Crippen LogP contribution in [0.25, 0.3) is 0 Å².